The van der Waals surface area contributed by atoms with Crippen molar-refractivity contribution in [1.29, 1.82) is 0 Å². The average Bonchev–Trinajstić information content (AvgIpc) is 3.19. The smallest absolute Gasteiger partial charge is 0.243 e. The van der Waals surface area contributed by atoms with E-state index in [1.165, 1.54) is 0 Å². The zero-order chi connectivity index (χ0) is 19.7. The maximum atomic E-state index is 13.0. The van der Waals surface area contributed by atoms with Crippen LogP contribution in [0.2, 0.25) is 10.0 Å². The van der Waals surface area contributed by atoms with E-state index in [0.29, 0.717) is 10.0 Å². The number of hydrogen-bond donors (Lipinski definition) is 1. The number of aromatic nitrogens is 2. The normalized spacial score (nSPS) is 17.7. The van der Waals surface area contributed by atoms with Gasteiger partial charge in [-0.15, -0.1) is 0 Å². The number of rotatable bonds is 4. The number of carbonyl (C=O) groups is 1. The molecule has 0 aliphatic carbocycles. The molecule has 2 atom stereocenters. The van der Waals surface area contributed by atoms with Gasteiger partial charge < -0.3 is 10.2 Å². The Bertz CT molecular complexity index is 1020. The van der Waals surface area contributed by atoms with Crippen LogP contribution in [-0.2, 0) is 4.79 Å². The van der Waals surface area contributed by atoms with Crippen molar-refractivity contribution in [1.82, 2.24) is 15.3 Å². The highest BCUT2D eigenvalue weighted by atomic mass is 35.5. The fraction of sp³-hybridized carbons (Fsp3) is 0.286. The quantitative estimate of drug-likeness (QED) is 0.666. The Hall–Kier alpha value is -2.37. The van der Waals surface area contributed by atoms with Gasteiger partial charge in [-0.25, -0.2) is 9.97 Å². The van der Waals surface area contributed by atoms with Crippen LogP contribution in [0.3, 0.4) is 0 Å². The molecule has 0 spiro atoms. The number of para-hydroxylation sites is 1. The molecule has 144 valence electrons. The Balaban J connectivity index is 1.56. The molecule has 1 saturated heterocycles. The lowest BCUT2D eigenvalue weighted by Crippen LogP contribution is -2.44. The summed E-state index contributed by atoms with van der Waals surface area (Å²) in [5.74, 6) is 0.796. The predicted molar refractivity (Wildman–Crippen MR) is 113 cm³/mol. The van der Waals surface area contributed by atoms with E-state index in [2.05, 4.69) is 20.2 Å². The van der Waals surface area contributed by atoms with Gasteiger partial charge in [-0.2, -0.15) is 0 Å². The number of fused-ring (bicyclic) bond motifs is 1. The summed E-state index contributed by atoms with van der Waals surface area (Å²) < 4.78 is 0. The summed E-state index contributed by atoms with van der Waals surface area (Å²) in [6.07, 6.45) is 3.29. The number of anilines is 1. The molecule has 1 amide bonds. The molecule has 1 fully saturated rings. The average molecular weight is 415 g/mol. The van der Waals surface area contributed by atoms with Gasteiger partial charge in [0.25, 0.3) is 0 Å². The molecule has 1 aliphatic rings. The van der Waals surface area contributed by atoms with Gasteiger partial charge >= 0.3 is 0 Å². The maximum Gasteiger partial charge on any atom is 0.243 e. The number of halogens is 2. The summed E-state index contributed by atoms with van der Waals surface area (Å²) in [6.45, 7) is 2.73. The molecule has 7 heteroatoms. The molecule has 4 rings (SSSR count). The minimum atomic E-state index is -0.261. The second-order valence-electron chi connectivity index (χ2n) is 6.97. The Kier molecular flexibility index (Phi) is 5.38. The van der Waals surface area contributed by atoms with Crippen LogP contribution in [0.1, 0.15) is 31.4 Å². The van der Waals surface area contributed by atoms with Crippen LogP contribution in [0.4, 0.5) is 5.82 Å². The van der Waals surface area contributed by atoms with Crippen LogP contribution in [-0.4, -0.2) is 28.5 Å². The van der Waals surface area contributed by atoms with Gasteiger partial charge in [0, 0.05) is 11.9 Å². The maximum absolute atomic E-state index is 13.0. The van der Waals surface area contributed by atoms with Crippen LogP contribution in [0, 0.1) is 0 Å². The first-order valence-corrected chi connectivity index (χ1v) is 10.0. The first-order chi connectivity index (χ1) is 13.5. The molecule has 28 heavy (non-hydrogen) atoms. The van der Waals surface area contributed by atoms with E-state index in [1.54, 1.807) is 18.5 Å². The molecule has 1 N–H and O–H groups in total. The summed E-state index contributed by atoms with van der Waals surface area (Å²) >= 11 is 12.1. The van der Waals surface area contributed by atoms with Crippen LogP contribution in [0.25, 0.3) is 10.9 Å². The lowest BCUT2D eigenvalue weighted by molar-refractivity contribution is -0.122. The third-order valence-corrected chi connectivity index (χ3v) is 5.89. The van der Waals surface area contributed by atoms with E-state index in [1.807, 2.05) is 37.3 Å². The van der Waals surface area contributed by atoms with Crippen LogP contribution >= 0.6 is 23.2 Å². The van der Waals surface area contributed by atoms with Gasteiger partial charge in [0.1, 0.15) is 18.2 Å². The van der Waals surface area contributed by atoms with Gasteiger partial charge in [-0.1, -0.05) is 41.4 Å². The molecule has 0 saturated carbocycles. The molecule has 0 bridgehead atoms. The van der Waals surface area contributed by atoms with Crippen molar-refractivity contribution in [2.75, 3.05) is 11.4 Å². The number of carbonyl (C=O) groups excluding carboxylic acids is 1. The topological polar surface area (TPSA) is 58.1 Å². The summed E-state index contributed by atoms with van der Waals surface area (Å²) in [7, 11) is 0. The second-order valence-corrected chi connectivity index (χ2v) is 7.78. The van der Waals surface area contributed by atoms with Crippen LogP contribution in [0.15, 0.2) is 48.8 Å². The van der Waals surface area contributed by atoms with Gasteiger partial charge in [0.15, 0.2) is 0 Å². The van der Waals surface area contributed by atoms with E-state index < -0.39 is 0 Å². The standard InChI is InChI=1S/C21H20Cl2N4O/c1-13(14-8-9-16(22)17(23)11-14)26-21(28)19-7-4-10-27(19)20-15-5-2-3-6-18(15)24-12-25-20/h2-3,5-6,8-9,11-13,19H,4,7,10H2,1H3,(H,26,28). The molecule has 2 aromatic carbocycles. The molecule has 0 radical (unpaired) electrons. The number of hydrogen-bond acceptors (Lipinski definition) is 4. The Morgan fingerprint density at radius 1 is 1.18 bits per heavy atom. The highest BCUT2D eigenvalue weighted by molar-refractivity contribution is 6.42. The van der Waals surface area contributed by atoms with Crippen molar-refractivity contribution in [3.05, 3.63) is 64.4 Å². The van der Waals surface area contributed by atoms with E-state index in [9.17, 15) is 4.79 Å². The second kappa shape index (κ2) is 7.94. The van der Waals surface area contributed by atoms with Crippen LogP contribution < -0.4 is 10.2 Å². The fourth-order valence-corrected chi connectivity index (χ4v) is 3.99. The molecule has 1 aliphatic heterocycles. The van der Waals surface area contributed by atoms with Gasteiger partial charge in [0.05, 0.1) is 21.6 Å². The first-order valence-electron chi connectivity index (χ1n) is 9.26. The molecular formula is C21H20Cl2N4O. The van der Waals surface area contributed by atoms with Crippen molar-refractivity contribution in [3.8, 4) is 0 Å². The lowest BCUT2D eigenvalue weighted by Gasteiger charge is -2.27. The molecule has 3 aromatic rings. The van der Waals surface area contributed by atoms with Crippen molar-refractivity contribution >= 4 is 45.8 Å². The largest absolute Gasteiger partial charge is 0.348 e. The SMILES string of the molecule is CC(NC(=O)C1CCCN1c1ncnc2ccccc12)c1ccc(Cl)c(Cl)c1. The Labute approximate surface area is 173 Å². The zero-order valence-corrected chi connectivity index (χ0v) is 16.9. The van der Waals surface area contributed by atoms with Crippen molar-refractivity contribution in [2.45, 2.75) is 31.8 Å². The number of amides is 1. The number of nitrogens with one attached hydrogen (secondary N) is 1. The minimum Gasteiger partial charge on any atom is -0.348 e. The van der Waals surface area contributed by atoms with E-state index in [4.69, 9.17) is 23.2 Å². The third kappa shape index (κ3) is 3.64. The van der Waals surface area contributed by atoms with E-state index >= 15 is 0 Å². The Morgan fingerprint density at radius 3 is 2.82 bits per heavy atom. The van der Waals surface area contributed by atoms with Crippen molar-refractivity contribution < 1.29 is 4.79 Å². The fourth-order valence-electron chi connectivity index (χ4n) is 3.69. The lowest BCUT2D eigenvalue weighted by atomic mass is 10.1. The van der Waals surface area contributed by atoms with E-state index in [-0.39, 0.29) is 18.0 Å². The minimum absolute atomic E-state index is 0.0150. The summed E-state index contributed by atoms with van der Waals surface area (Å²) in [5.41, 5.74) is 1.79. The van der Waals surface area contributed by atoms with Crippen molar-refractivity contribution in [3.63, 3.8) is 0 Å². The summed E-state index contributed by atoms with van der Waals surface area (Å²) in [5, 5.41) is 5.05. The zero-order valence-electron chi connectivity index (χ0n) is 15.4. The predicted octanol–water partition coefficient (Wildman–Crippen LogP) is 4.78. The van der Waals surface area contributed by atoms with E-state index in [0.717, 1.165) is 41.7 Å². The first kappa shape index (κ1) is 19.0. The summed E-state index contributed by atoms with van der Waals surface area (Å²) in [6, 6.07) is 12.8. The Morgan fingerprint density at radius 2 is 2.00 bits per heavy atom. The van der Waals surface area contributed by atoms with Gasteiger partial charge in [0.2, 0.25) is 5.91 Å². The number of nitrogens with zero attached hydrogens (tertiary/aromatic N) is 3. The highest BCUT2D eigenvalue weighted by Crippen LogP contribution is 2.30. The van der Waals surface area contributed by atoms with Crippen molar-refractivity contribution in [2.24, 2.45) is 0 Å². The highest BCUT2D eigenvalue weighted by Gasteiger charge is 2.33. The summed E-state index contributed by atoms with van der Waals surface area (Å²) in [4.78, 5) is 23.9. The molecular weight excluding hydrogens is 395 g/mol. The molecule has 2 unspecified atom stereocenters. The molecule has 2 heterocycles. The van der Waals surface area contributed by atoms with Crippen LogP contribution in [0.5, 0.6) is 0 Å². The monoisotopic (exact) mass is 414 g/mol. The molecule has 1 aromatic heterocycles. The number of benzene rings is 2. The molecule has 5 nitrogen and oxygen atoms in total. The van der Waals surface area contributed by atoms with Gasteiger partial charge in [-0.3, -0.25) is 4.79 Å². The van der Waals surface area contributed by atoms with Gasteiger partial charge in [-0.05, 0) is 49.6 Å². The third-order valence-electron chi connectivity index (χ3n) is 5.15.